The lowest BCUT2D eigenvalue weighted by molar-refractivity contribution is -0.120. The van der Waals surface area contributed by atoms with E-state index in [2.05, 4.69) is 11.4 Å². The Balaban J connectivity index is 1.48. The van der Waals surface area contributed by atoms with Crippen LogP contribution in [0.4, 0.5) is 10.1 Å². The number of rotatable bonds is 3. The van der Waals surface area contributed by atoms with E-state index in [9.17, 15) is 17.6 Å². The van der Waals surface area contributed by atoms with Gasteiger partial charge in [-0.25, -0.2) is 12.8 Å². The molecule has 0 saturated carbocycles. The first-order valence-electron chi connectivity index (χ1n) is 10.2. The minimum Gasteiger partial charge on any atom is -0.348 e. The van der Waals surface area contributed by atoms with E-state index in [4.69, 9.17) is 0 Å². The first-order valence-corrected chi connectivity index (χ1v) is 11.7. The lowest BCUT2D eigenvalue weighted by atomic mass is 9.88. The van der Waals surface area contributed by atoms with Crippen molar-refractivity contribution >= 4 is 21.6 Å². The fourth-order valence-corrected chi connectivity index (χ4v) is 6.20. The highest BCUT2D eigenvalue weighted by Gasteiger charge is 2.36. The number of fused-ring (bicyclic) bond motifs is 4. The number of carbonyl (C=O) groups excluding carboxylic acids is 1. The largest absolute Gasteiger partial charge is 0.348 e. The second kappa shape index (κ2) is 7.50. The molecular formula is C24H21FN2O3S. The Hall–Kier alpha value is -3.19. The van der Waals surface area contributed by atoms with Gasteiger partial charge in [0.2, 0.25) is 5.91 Å². The molecule has 1 atom stereocenters. The van der Waals surface area contributed by atoms with Crippen LogP contribution in [-0.2, 0) is 21.2 Å². The summed E-state index contributed by atoms with van der Waals surface area (Å²) in [4.78, 5) is 13.0. The number of hydrogen-bond acceptors (Lipinski definition) is 3. The standard InChI is InChI=1S/C24H21FN2O3S/c25-17-12-13-22-20(14-17)19-9-3-4-11-23(19)31(29,30)27(22)15-24(28)26-21-10-5-7-16-6-1-2-8-18(16)21/h1-4,6,8-9,11-14,21H,5,7,10,15H2,(H,26,28)/t21-/m0/s1. The smallest absolute Gasteiger partial charge is 0.265 e. The Morgan fingerprint density at radius 2 is 1.81 bits per heavy atom. The molecule has 0 radical (unpaired) electrons. The molecule has 31 heavy (non-hydrogen) atoms. The molecule has 0 fully saturated rings. The number of carbonyl (C=O) groups is 1. The molecule has 7 heteroatoms. The number of hydrogen-bond donors (Lipinski definition) is 1. The molecule has 0 unspecified atom stereocenters. The van der Waals surface area contributed by atoms with Crippen LogP contribution in [0.3, 0.4) is 0 Å². The van der Waals surface area contributed by atoms with Gasteiger partial charge in [0.05, 0.1) is 16.6 Å². The van der Waals surface area contributed by atoms with E-state index in [-0.39, 0.29) is 23.4 Å². The molecule has 0 spiro atoms. The Morgan fingerprint density at radius 3 is 2.68 bits per heavy atom. The lowest BCUT2D eigenvalue weighted by Crippen LogP contribution is -2.43. The van der Waals surface area contributed by atoms with Gasteiger partial charge in [-0.1, -0.05) is 42.5 Å². The number of nitrogens with one attached hydrogen (secondary N) is 1. The highest BCUT2D eigenvalue weighted by atomic mass is 32.2. The Labute approximate surface area is 180 Å². The fourth-order valence-electron chi connectivity index (χ4n) is 4.55. The number of aryl methyl sites for hydroxylation is 1. The monoisotopic (exact) mass is 436 g/mol. The van der Waals surface area contributed by atoms with Gasteiger partial charge in [0.25, 0.3) is 10.0 Å². The lowest BCUT2D eigenvalue weighted by Gasteiger charge is -2.32. The number of halogens is 1. The van der Waals surface area contributed by atoms with Gasteiger partial charge < -0.3 is 5.32 Å². The predicted octanol–water partition coefficient (Wildman–Crippen LogP) is 4.20. The quantitative estimate of drug-likeness (QED) is 0.669. The molecular weight excluding hydrogens is 415 g/mol. The maximum Gasteiger partial charge on any atom is 0.265 e. The fraction of sp³-hybridized carbons (Fsp3) is 0.208. The van der Waals surface area contributed by atoms with Gasteiger partial charge in [-0.2, -0.15) is 0 Å². The van der Waals surface area contributed by atoms with E-state index < -0.39 is 15.8 Å². The number of sulfonamides is 1. The van der Waals surface area contributed by atoms with Gasteiger partial charge in [-0.15, -0.1) is 0 Å². The topological polar surface area (TPSA) is 66.5 Å². The van der Waals surface area contributed by atoms with Crippen LogP contribution in [0.25, 0.3) is 11.1 Å². The van der Waals surface area contributed by atoms with Crippen molar-refractivity contribution in [2.45, 2.75) is 30.2 Å². The summed E-state index contributed by atoms with van der Waals surface area (Å²) in [5, 5.41) is 3.01. The zero-order valence-corrected chi connectivity index (χ0v) is 17.5. The number of amides is 1. The molecule has 1 amide bonds. The first-order chi connectivity index (χ1) is 14.9. The van der Waals surface area contributed by atoms with Crippen LogP contribution in [0.5, 0.6) is 0 Å². The summed E-state index contributed by atoms with van der Waals surface area (Å²) in [5.41, 5.74) is 3.49. The summed E-state index contributed by atoms with van der Waals surface area (Å²) in [7, 11) is -3.96. The molecule has 5 rings (SSSR count). The number of anilines is 1. The first kappa shape index (κ1) is 19.8. The van der Waals surface area contributed by atoms with E-state index in [0.29, 0.717) is 16.8 Å². The summed E-state index contributed by atoms with van der Waals surface area (Å²) in [6, 6.07) is 18.3. The summed E-state index contributed by atoms with van der Waals surface area (Å²) >= 11 is 0. The van der Waals surface area contributed by atoms with Crippen molar-refractivity contribution in [2.24, 2.45) is 0 Å². The van der Waals surface area contributed by atoms with Crippen LogP contribution >= 0.6 is 0 Å². The molecule has 2 aliphatic rings. The van der Waals surface area contributed by atoms with Crippen LogP contribution in [0.1, 0.15) is 30.0 Å². The molecule has 1 N–H and O–H groups in total. The molecule has 0 aromatic heterocycles. The average Bonchev–Trinajstić information content (AvgIpc) is 2.77. The average molecular weight is 437 g/mol. The molecule has 0 bridgehead atoms. The van der Waals surface area contributed by atoms with Gasteiger partial charge in [0.15, 0.2) is 0 Å². The molecule has 1 heterocycles. The van der Waals surface area contributed by atoms with E-state index >= 15 is 0 Å². The van der Waals surface area contributed by atoms with Gasteiger partial charge in [-0.05, 0) is 54.7 Å². The van der Waals surface area contributed by atoms with Crippen molar-refractivity contribution in [3.8, 4) is 11.1 Å². The highest BCUT2D eigenvalue weighted by molar-refractivity contribution is 7.93. The van der Waals surface area contributed by atoms with Crippen molar-refractivity contribution < 1.29 is 17.6 Å². The Bertz CT molecular complexity index is 1290. The second-order valence-electron chi connectivity index (χ2n) is 7.88. The van der Waals surface area contributed by atoms with E-state index in [0.717, 1.165) is 29.1 Å². The predicted molar refractivity (Wildman–Crippen MR) is 117 cm³/mol. The third-order valence-corrected chi connectivity index (χ3v) is 7.78. The van der Waals surface area contributed by atoms with Crippen LogP contribution in [0.15, 0.2) is 71.6 Å². The van der Waals surface area contributed by atoms with Crippen molar-refractivity contribution in [3.63, 3.8) is 0 Å². The van der Waals surface area contributed by atoms with Crippen molar-refractivity contribution in [1.82, 2.24) is 5.32 Å². The van der Waals surface area contributed by atoms with Crippen molar-refractivity contribution in [1.29, 1.82) is 0 Å². The summed E-state index contributed by atoms with van der Waals surface area (Å²) < 4.78 is 41.7. The van der Waals surface area contributed by atoms with Crippen LogP contribution in [0, 0.1) is 5.82 Å². The van der Waals surface area contributed by atoms with E-state index in [1.807, 2.05) is 18.2 Å². The molecule has 158 valence electrons. The zero-order valence-electron chi connectivity index (χ0n) is 16.7. The molecule has 0 saturated heterocycles. The number of benzene rings is 3. The van der Waals surface area contributed by atoms with Gasteiger partial charge in [0.1, 0.15) is 12.4 Å². The molecule has 5 nitrogen and oxygen atoms in total. The molecule has 3 aromatic rings. The van der Waals surface area contributed by atoms with E-state index in [1.165, 1.54) is 29.8 Å². The van der Waals surface area contributed by atoms with E-state index in [1.54, 1.807) is 18.2 Å². The third-order valence-electron chi connectivity index (χ3n) is 5.96. The van der Waals surface area contributed by atoms with Crippen LogP contribution < -0.4 is 9.62 Å². The highest BCUT2D eigenvalue weighted by Crippen LogP contribution is 2.43. The number of nitrogens with zero attached hydrogens (tertiary/aromatic N) is 1. The maximum atomic E-state index is 14.0. The molecule has 1 aliphatic carbocycles. The van der Waals surface area contributed by atoms with Crippen LogP contribution in [0.2, 0.25) is 0 Å². The van der Waals surface area contributed by atoms with Gasteiger partial charge in [0, 0.05) is 11.1 Å². The maximum absolute atomic E-state index is 14.0. The third kappa shape index (κ3) is 3.39. The zero-order chi connectivity index (χ0) is 21.6. The minimum absolute atomic E-state index is 0.0731. The Kier molecular flexibility index (Phi) is 4.78. The second-order valence-corrected chi connectivity index (χ2v) is 9.71. The summed E-state index contributed by atoms with van der Waals surface area (Å²) in [6.45, 7) is -0.367. The molecule has 1 aliphatic heterocycles. The summed E-state index contributed by atoms with van der Waals surface area (Å²) in [6.07, 6.45) is 2.73. The normalized spacial score (nSPS) is 18.5. The molecule has 3 aromatic carbocycles. The minimum atomic E-state index is -3.96. The van der Waals surface area contributed by atoms with Gasteiger partial charge in [-0.3, -0.25) is 9.10 Å². The van der Waals surface area contributed by atoms with Crippen LogP contribution in [-0.4, -0.2) is 20.9 Å². The van der Waals surface area contributed by atoms with Crippen molar-refractivity contribution in [2.75, 3.05) is 10.8 Å². The summed E-state index contributed by atoms with van der Waals surface area (Å²) in [5.74, 6) is -0.851. The van der Waals surface area contributed by atoms with Gasteiger partial charge >= 0.3 is 0 Å². The van der Waals surface area contributed by atoms with Crippen molar-refractivity contribution in [3.05, 3.63) is 83.7 Å². The Morgan fingerprint density at radius 1 is 1.03 bits per heavy atom. The SMILES string of the molecule is O=C(CN1c2ccc(F)cc2-c2ccccc2S1(=O)=O)N[C@H]1CCCc2ccccc21.